The van der Waals surface area contributed by atoms with Crippen molar-refractivity contribution in [2.24, 2.45) is 0 Å². The largest absolute Gasteiger partial charge is 0.453 e. The van der Waals surface area contributed by atoms with Crippen LogP contribution in [-0.4, -0.2) is 40.2 Å². The molecule has 6 nitrogen and oxygen atoms in total. The number of nitrogens with zero attached hydrogens (tertiary/aromatic N) is 2. The lowest BCUT2D eigenvalue weighted by Crippen LogP contribution is -2.37. The molecule has 0 bridgehead atoms. The Balaban J connectivity index is 1.81. The summed E-state index contributed by atoms with van der Waals surface area (Å²) in [5.74, 6) is 0.502. The van der Waals surface area contributed by atoms with Crippen molar-refractivity contribution in [3.05, 3.63) is 53.2 Å². The smallest absolute Gasteiger partial charge is 0.290 e. The van der Waals surface area contributed by atoms with Crippen LogP contribution in [-0.2, 0) is 17.9 Å². The summed E-state index contributed by atoms with van der Waals surface area (Å²) < 4.78 is 11.2. The van der Waals surface area contributed by atoms with Gasteiger partial charge in [-0.15, -0.1) is 0 Å². The van der Waals surface area contributed by atoms with Crippen LogP contribution in [0.4, 0.5) is 0 Å². The fourth-order valence-electron chi connectivity index (χ4n) is 2.94. The first-order valence-electron chi connectivity index (χ1n) is 8.17. The molecule has 0 aromatic carbocycles. The van der Waals surface area contributed by atoms with E-state index in [1.54, 1.807) is 23.4 Å². The summed E-state index contributed by atoms with van der Waals surface area (Å²) in [6.07, 6.45) is 5.47. The number of hydrogen-bond donors (Lipinski definition) is 1. The second-order valence-corrected chi connectivity index (χ2v) is 6.06. The molecule has 3 heterocycles. The number of aliphatic hydroxyl groups excluding tert-OH is 1. The predicted molar refractivity (Wildman–Crippen MR) is 87.3 cm³/mol. The van der Waals surface area contributed by atoms with Crippen molar-refractivity contribution in [3.63, 3.8) is 0 Å². The third kappa shape index (κ3) is 3.83. The lowest BCUT2D eigenvalue weighted by Gasteiger charge is -2.25. The highest BCUT2D eigenvalue weighted by Gasteiger charge is 2.26. The second kappa shape index (κ2) is 7.59. The number of aryl methyl sites for hydroxylation is 1. The first kappa shape index (κ1) is 16.7. The zero-order valence-corrected chi connectivity index (χ0v) is 13.8. The Bertz CT molecular complexity index is 678. The van der Waals surface area contributed by atoms with E-state index in [0.29, 0.717) is 18.8 Å². The summed E-state index contributed by atoms with van der Waals surface area (Å²) in [5.41, 5.74) is 1.74. The quantitative estimate of drug-likeness (QED) is 0.879. The third-order valence-electron chi connectivity index (χ3n) is 4.18. The number of rotatable bonds is 6. The highest BCUT2D eigenvalue weighted by Crippen LogP contribution is 2.21. The zero-order chi connectivity index (χ0) is 16.9. The molecule has 128 valence electrons. The van der Waals surface area contributed by atoms with Crippen molar-refractivity contribution in [1.82, 2.24) is 9.88 Å². The Morgan fingerprint density at radius 3 is 2.83 bits per heavy atom. The molecule has 2 aromatic heterocycles. The van der Waals surface area contributed by atoms with Gasteiger partial charge in [-0.25, -0.2) is 0 Å². The Morgan fingerprint density at radius 1 is 1.42 bits per heavy atom. The van der Waals surface area contributed by atoms with Gasteiger partial charge in [-0.2, -0.15) is 0 Å². The lowest BCUT2D eigenvalue weighted by atomic mass is 10.1. The van der Waals surface area contributed by atoms with Crippen LogP contribution >= 0.6 is 0 Å². The maximum atomic E-state index is 13.0. The van der Waals surface area contributed by atoms with Gasteiger partial charge in [0.25, 0.3) is 5.91 Å². The van der Waals surface area contributed by atoms with E-state index in [-0.39, 0.29) is 24.4 Å². The SMILES string of the molecule is Cc1cc(CO)oc1C(=O)N(Cc1ccncc1)C[C@@H]1CCCO1. The molecule has 0 saturated carbocycles. The van der Waals surface area contributed by atoms with Crippen LogP contribution in [0.3, 0.4) is 0 Å². The second-order valence-electron chi connectivity index (χ2n) is 6.06. The minimum atomic E-state index is -0.218. The van der Waals surface area contributed by atoms with E-state index in [9.17, 15) is 9.90 Å². The van der Waals surface area contributed by atoms with Crippen molar-refractivity contribution >= 4 is 5.91 Å². The molecule has 1 aliphatic rings. The lowest BCUT2D eigenvalue weighted by molar-refractivity contribution is 0.0480. The maximum Gasteiger partial charge on any atom is 0.290 e. The number of carbonyl (C=O) groups is 1. The van der Waals surface area contributed by atoms with Gasteiger partial charge in [0.1, 0.15) is 12.4 Å². The van der Waals surface area contributed by atoms with E-state index in [2.05, 4.69) is 4.98 Å². The molecule has 2 aromatic rings. The summed E-state index contributed by atoms with van der Waals surface area (Å²) in [6, 6.07) is 5.48. The fraction of sp³-hybridized carbons (Fsp3) is 0.444. The molecule has 6 heteroatoms. The van der Waals surface area contributed by atoms with Gasteiger partial charge in [0.05, 0.1) is 6.10 Å². The molecule has 0 spiro atoms. The monoisotopic (exact) mass is 330 g/mol. The van der Waals surface area contributed by atoms with E-state index in [1.807, 2.05) is 19.1 Å². The van der Waals surface area contributed by atoms with Crippen LogP contribution in [0.1, 0.15) is 40.3 Å². The Hall–Kier alpha value is -2.18. The Morgan fingerprint density at radius 2 is 2.21 bits per heavy atom. The maximum absolute atomic E-state index is 13.0. The molecule has 3 rings (SSSR count). The third-order valence-corrected chi connectivity index (χ3v) is 4.18. The molecule has 0 radical (unpaired) electrons. The van der Waals surface area contributed by atoms with Crippen molar-refractivity contribution in [3.8, 4) is 0 Å². The minimum absolute atomic E-state index is 0.0587. The van der Waals surface area contributed by atoms with Gasteiger partial charge in [0.2, 0.25) is 0 Å². The normalized spacial score (nSPS) is 17.2. The number of aromatic nitrogens is 1. The molecule has 1 aliphatic heterocycles. The molecule has 1 N–H and O–H groups in total. The van der Waals surface area contributed by atoms with Crippen molar-refractivity contribution < 1.29 is 19.1 Å². The van der Waals surface area contributed by atoms with Crippen molar-refractivity contribution in [1.29, 1.82) is 0 Å². The number of hydrogen-bond acceptors (Lipinski definition) is 5. The molecule has 0 unspecified atom stereocenters. The first-order chi connectivity index (χ1) is 11.7. The average molecular weight is 330 g/mol. The van der Waals surface area contributed by atoms with E-state index in [4.69, 9.17) is 9.15 Å². The summed E-state index contributed by atoms with van der Waals surface area (Å²) >= 11 is 0. The predicted octanol–water partition coefficient (Wildman–Crippen LogP) is 2.30. The molecule has 1 amide bonds. The van der Waals surface area contributed by atoms with Gasteiger partial charge >= 0.3 is 0 Å². The standard InChI is InChI=1S/C18H22N2O4/c1-13-9-16(12-21)24-17(13)18(22)20(11-15-3-2-8-23-15)10-14-4-6-19-7-5-14/h4-7,9,15,21H,2-3,8,10-12H2,1H3/t15-/m0/s1. The van der Waals surface area contributed by atoms with Crippen LogP contribution in [0.2, 0.25) is 0 Å². The molecular weight excluding hydrogens is 308 g/mol. The van der Waals surface area contributed by atoms with Gasteiger partial charge in [0, 0.05) is 37.7 Å². The Labute approximate surface area is 141 Å². The van der Waals surface area contributed by atoms with Gasteiger partial charge in [-0.05, 0) is 43.5 Å². The van der Waals surface area contributed by atoms with E-state index in [1.165, 1.54) is 0 Å². The molecule has 1 saturated heterocycles. The number of amides is 1. The van der Waals surface area contributed by atoms with Crippen LogP contribution in [0.25, 0.3) is 0 Å². The van der Waals surface area contributed by atoms with E-state index >= 15 is 0 Å². The number of ether oxygens (including phenoxy) is 1. The summed E-state index contributed by atoms with van der Waals surface area (Å²) in [6.45, 7) is 3.33. The van der Waals surface area contributed by atoms with Crippen LogP contribution in [0.5, 0.6) is 0 Å². The topological polar surface area (TPSA) is 75.8 Å². The van der Waals surface area contributed by atoms with Gasteiger partial charge in [-0.3, -0.25) is 9.78 Å². The number of carbonyl (C=O) groups excluding carboxylic acids is 1. The highest BCUT2D eigenvalue weighted by atomic mass is 16.5. The summed E-state index contributed by atoms with van der Waals surface area (Å²) in [7, 11) is 0. The molecular formula is C18H22N2O4. The van der Waals surface area contributed by atoms with E-state index < -0.39 is 0 Å². The van der Waals surface area contributed by atoms with E-state index in [0.717, 1.165) is 30.6 Å². The summed E-state index contributed by atoms with van der Waals surface area (Å²) in [4.78, 5) is 18.7. The molecule has 24 heavy (non-hydrogen) atoms. The fourth-order valence-corrected chi connectivity index (χ4v) is 2.94. The van der Waals surface area contributed by atoms with Gasteiger partial charge in [-0.1, -0.05) is 0 Å². The summed E-state index contributed by atoms with van der Waals surface area (Å²) in [5, 5.41) is 9.22. The molecule has 1 atom stereocenters. The zero-order valence-electron chi connectivity index (χ0n) is 13.8. The van der Waals surface area contributed by atoms with Crippen LogP contribution in [0, 0.1) is 6.92 Å². The number of furan rings is 1. The van der Waals surface area contributed by atoms with Crippen LogP contribution in [0.15, 0.2) is 35.0 Å². The van der Waals surface area contributed by atoms with Gasteiger partial charge < -0.3 is 19.2 Å². The highest BCUT2D eigenvalue weighted by molar-refractivity contribution is 5.93. The first-order valence-corrected chi connectivity index (χ1v) is 8.17. The molecule has 1 fully saturated rings. The Kier molecular flexibility index (Phi) is 5.27. The number of pyridine rings is 1. The number of aliphatic hydroxyl groups is 1. The van der Waals surface area contributed by atoms with Crippen molar-refractivity contribution in [2.45, 2.75) is 39.0 Å². The van der Waals surface area contributed by atoms with Crippen LogP contribution < -0.4 is 0 Å². The molecule has 0 aliphatic carbocycles. The van der Waals surface area contributed by atoms with Crippen molar-refractivity contribution in [2.75, 3.05) is 13.2 Å². The average Bonchev–Trinajstić information content (AvgIpc) is 3.24. The minimum Gasteiger partial charge on any atom is -0.453 e. The van der Waals surface area contributed by atoms with Gasteiger partial charge in [0.15, 0.2) is 5.76 Å².